The van der Waals surface area contributed by atoms with Gasteiger partial charge in [0, 0.05) is 19.6 Å². The highest BCUT2D eigenvalue weighted by atomic mass is 16.4. The molecule has 0 aromatic rings. The zero-order chi connectivity index (χ0) is 15.1. The summed E-state index contributed by atoms with van der Waals surface area (Å²) in [5.41, 5.74) is 0. The van der Waals surface area contributed by atoms with Gasteiger partial charge < -0.3 is 20.2 Å². The van der Waals surface area contributed by atoms with E-state index in [1.165, 1.54) is 9.80 Å². The Bertz CT molecular complexity index is 367. The van der Waals surface area contributed by atoms with Crippen LogP contribution in [0.4, 0.5) is 4.79 Å². The number of nitrogens with one attached hydrogen (secondary N) is 1. The second-order valence-electron chi connectivity index (χ2n) is 5.03. The van der Waals surface area contributed by atoms with Gasteiger partial charge in [-0.05, 0) is 19.8 Å². The normalized spacial score (nSPS) is 14.9. The van der Waals surface area contributed by atoms with Gasteiger partial charge in [0.05, 0.1) is 6.54 Å². The van der Waals surface area contributed by atoms with Crippen LogP contribution >= 0.6 is 0 Å². The number of nitrogens with zero attached hydrogens (tertiary/aromatic N) is 2. The molecule has 7 heteroatoms. The quantitative estimate of drug-likeness (QED) is 0.743. The minimum absolute atomic E-state index is 0.0369. The Morgan fingerprint density at radius 2 is 1.85 bits per heavy atom. The van der Waals surface area contributed by atoms with E-state index in [-0.39, 0.29) is 25.0 Å². The highest BCUT2D eigenvalue weighted by molar-refractivity contribution is 5.85. The van der Waals surface area contributed by atoms with Crippen LogP contribution in [0.3, 0.4) is 0 Å². The highest BCUT2D eigenvalue weighted by Crippen LogP contribution is 2.23. The molecule has 0 saturated heterocycles. The van der Waals surface area contributed by atoms with Gasteiger partial charge in [-0.2, -0.15) is 0 Å². The van der Waals surface area contributed by atoms with Gasteiger partial charge in [0.1, 0.15) is 6.54 Å². The largest absolute Gasteiger partial charge is 0.480 e. The van der Waals surface area contributed by atoms with Crippen molar-refractivity contribution in [1.29, 1.82) is 0 Å². The lowest BCUT2D eigenvalue weighted by atomic mass is 10.2. The van der Waals surface area contributed by atoms with E-state index in [0.29, 0.717) is 6.54 Å². The van der Waals surface area contributed by atoms with Crippen LogP contribution in [0.1, 0.15) is 32.6 Å². The number of hydrogen-bond acceptors (Lipinski definition) is 3. The summed E-state index contributed by atoms with van der Waals surface area (Å²) < 4.78 is 0. The first kappa shape index (κ1) is 16.3. The Labute approximate surface area is 118 Å². The monoisotopic (exact) mass is 285 g/mol. The Kier molecular flexibility index (Phi) is 6.27. The fraction of sp³-hybridized carbons (Fsp3) is 0.769. The van der Waals surface area contributed by atoms with E-state index in [4.69, 9.17) is 5.11 Å². The molecule has 0 aromatic heterocycles. The SMILES string of the molecule is CCN(C)C(=O)CNC(=O)N(CC(=O)O)C1CCCC1. The second kappa shape index (κ2) is 7.72. The molecular weight excluding hydrogens is 262 g/mol. The zero-order valence-corrected chi connectivity index (χ0v) is 12.1. The molecule has 0 bridgehead atoms. The van der Waals surface area contributed by atoms with E-state index in [2.05, 4.69) is 5.32 Å². The van der Waals surface area contributed by atoms with E-state index < -0.39 is 12.0 Å². The smallest absolute Gasteiger partial charge is 0.323 e. The fourth-order valence-corrected chi connectivity index (χ4v) is 2.29. The Morgan fingerprint density at radius 3 is 2.35 bits per heavy atom. The molecule has 2 N–H and O–H groups in total. The average Bonchev–Trinajstić information content (AvgIpc) is 2.94. The first-order chi connectivity index (χ1) is 9.45. The number of urea groups is 1. The van der Waals surface area contributed by atoms with E-state index >= 15 is 0 Å². The highest BCUT2D eigenvalue weighted by Gasteiger charge is 2.28. The van der Waals surface area contributed by atoms with Crippen molar-refractivity contribution in [2.75, 3.05) is 26.7 Å². The lowest BCUT2D eigenvalue weighted by Gasteiger charge is -2.27. The molecule has 114 valence electrons. The van der Waals surface area contributed by atoms with E-state index in [1.54, 1.807) is 7.05 Å². The predicted molar refractivity (Wildman–Crippen MR) is 73.3 cm³/mol. The molecule has 0 atom stereocenters. The molecule has 0 spiro atoms. The number of aliphatic carboxylic acids is 1. The summed E-state index contributed by atoms with van der Waals surface area (Å²) in [6.07, 6.45) is 3.66. The van der Waals surface area contributed by atoms with Crippen LogP contribution in [0.25, 0.3) is 0 Å². The molecule has 0 unspecified atom stereocenters. The third kappa shape index (κ3) is 4.71. The van der Waals surface area contributed by atoms with Crippen LogP contribution in [-0.4, -0.2) is 65.5 Å². The number of likely N-dealkylation sites (N-methyl/N-ethyl adjacent to an activating group) is 1. The van der Waals surface area contributed by atoms with E-state index in [9.17, 15) is 14.4 Å². The molecule has 1 aliphatic rings. The molecule has 1 fully saturated rings. The van der Waals surface area contributed by atoms with Crippen molar-refractivity contribution in [2.45, 2.75) is 38.6 Å². The Hall–Kier alpha value is -1.79. The van der Waals surface area contributed by atoms with Gasteiger partial charge in [0.25, 0.3) is 0 Å². The van der Waals surface area contributed by atoms with Crippen LogP contribution < -0.4 is 5.32 Å². The topological polar surface area (TPSA) is 90.0 Å². The molecule has 1 saturated carbocycles. The molecular formula is C13H23N3O4. The maximum atomic E-state index is 12.1. The summed E-state index contributed by atoms with van der Waals surface area (Å²) >= 11 is 0. The van der Waals surface area contributed by atoms with Gasteiger partial charge in [0.2, 0.25) is 5.91 Å². The lowest BCUT2D eigenvalue weighted by Crippen LogP contribution is -2.49. The molecule has 7 nitrogen and oxygen atoms in total. The first-order valence-electron chi connectivity index (χ1n) is 6.96. The molecule has 3 amide bonds. The number of amides is 3. The maximum absolute atomic E-state index is 12.1. The lowest BCUT2D eigenvalue weighted by molar-refractivity contribution is -0.138. The van der Waals surface area contributed by atoms with Gasteiger partial charge in [-0.1, -0.05) is 12.8 Å². The van der Waals surface area contributed by atoms with Crippen molar-refractivity contribution < 1.29 is 19.5 Å². The van der Waals surface area contributed by atoms with E-state index in [0.717, 1.165) is 25.7 Å². The van der Waals surface area contributed by atoms with E-state index in [1.807, 2.05) is 6.92 Å². The summed E-state index contributed by atoms with van der Waals surface area (Å²) in [4.78, 5) is 37.4. The number of hydrogen-bond donors (Lipinski definition) is 2. The Balaban J connectivity index is 2.54. The number of carboxylic acid groups (broad SMARTS) is 1. The van der Waals surface area contributed by atoms with Crippen LogP contribution in [0.2, 0.25) is 0 Å². The minimum Gasteiger partial charge on any atom is -0.480 e. The van der Waals surface area contributed by atoms with Crippen molar-refractivity contribution in [1.82, 2.24) is 15.1 Å². The maximum Gasteiger partial charge on any atom is 0.323 e. The number of rotatable bonds is 6. The summed E-state index contributed by atoms with van der Waals surface area (Å²) in [7, 11) is 1.65. The van der Waals surface area contributed by atoms with Crippen molar-refractivity contribution in [3.63, 3.8) is 0 Å². The second-order valence-corrected chi connectivity index (χ2v) is 5.03. The van der Waals surface area contributed by atoms with Crippen LogP contribution in [0.5, 0.6) is 0 Å². The standard InChI is InChI=1S/C13H23N3O4/c1-3-15(2)11(17)8-14-13(20)16(9-12(18)19)10-6-4-5-7-10/h10H,3-9H2,1-2H3,(H,14,20)(H,18,19). The van der Waals surface area contributed by atoms with Crippen LogP contribution in [-0.2, 0) is 9.59 Å². The molecule has 20 heavy (non-hydrogen) atoms. The molecule has 0 aromatic carbocycles. The fourth-order valence-electron chi connectivity index (χ4n) is 2.29. The molecule has 1 rings (SSSR count). The van der Waals surface area contributed by atoms with Crippen molar-refractivity contribution >= 4 is 17.9 Å². The molecule has 1 aliphatic carbocycles. The van der Waals surface area contributed by atoms with Crippen molar-refractivity contribution in [3.8, 4) is 0 Å². The number of carbonyl (C=O) groups excluding carboxylic acids is 2. The summed E-state index contributed by atoms with van der Waals surface area (Å²) in [6.45, 7) is 1.98. The zero-order valence-electron chi connectivity index (χ0n) is 12.1. The predicted octanol–water partition coefficient (Wildman–Crippen LogP) is 0.504. The summed E-state index contributed by atoms with van der Waals surface area (Å²) in [5, 5.41) is 11.4. The number of carboxylic acids is 1. The van der Waals surface area contributed by atoms with Gasteiger partial charge >= 0.3 is 12.0 Å². The van der Waals surface area contributed by atoms with Crippen LogP contribution in [0.15, 0.2) is 0 Å². The molecule has 0 radical (unpaired) electrons. The molecule has 0 heterocycles. The Morgan fingerprint density at radius 1 is 1.25 bits per heavy atom. The van der Waals surface area contributed by atoms with Crippen molar-refractivity contribution in [3.05, 3.63) is 0 Å². The number of carbonyl (C=O) groups is 3. The van der Waals surface area contributed by atoms with Crippen molar-refractivity contribution in [2.24, 2.45) is 0 Å². The van der Waals surface area contributed by atoms with Gasteiger partial charge in [-0.3, -0.25) is 9.59 Å². The van der Waals surface area contributed by atoms with Gasteiger partial charge in [0.15, 0.2) is 0 Å². The summed E-state index contributed by atoms with van der Waals surface area (Å²) in [6, 6.07) is -0.512. The molecule has 0 aliphatic heterocycles. The summed E-state index contributed by atoms with van der Waals surface area (Å²) in [5.74, 6) is -1.23. The third-order valence-corrected chi connectivity index (χ3v) is 3.62. The van der Waals surface area contributed by atoms with Gasteiger partial charge in [-0.15, -0.1) is 0 Å². The minimum atomic E-state index is -1.04. The third-order valence-electron chi connectivity index (χ3n) is 3.62. The first-order valence-corrected chi connectivity index (χ1v) is 6.96. The van der Waals surface area contributed by atoms with Gasteiger partial charge in [-0.25, -0.2) is 4.79 Å². The average molecular weight is 285 g/mol. The van der Waals surface area contributed by atoms with Crippen LogP contribution in [0, 0.1) is 0 Å².